The molecule has 7 nitrogen and oxygen atoms in total. The van der Waals surface area contributed by atoms with E-state index in [9.17, 15) is 9.59 Å². The molecule has 0 saturated carbocycles. The highest BCUT2D eigenvalue weighted by atomic mass is 16.5. The molecule has 1 heterocycles. The zero-order chi connectivity index (χ0) is 14.1. The Balaban J connectivity index is 2.28. The Kier molecular flexibility index (Phi) is 6.31. The molecule has 1 rings (SSSR count). The second-order valence-electron chi connectivity index (χ2n) is 3.79. The first kappa shape index (κ1) is 14.9. The van der Waals surface area contributed by atoms with Gasteiger partial charge in [-0.15, -0.1) is 0 Å². The minimum absolute atomic E-state index is 0.147. The zero-order valence-electron chi connectivity index (χ0n) is 10.8. The summed E-state index contributed by atoms with van der Waals surface area (Å²) in [6, 6.07) is 3.24. The summed E-state index contributed by atoms with van der Waals surface area (Å²) in [6.45, 7) is 1.15. The Morgan fingerprint density at radius 3 is 2.84 bits per heavy atom. The molecule has 104 valence electrons. The fourth-order valence-corrected chi connectivity index (χ4v) is 1.36. The van der Waals surface area contributed by atoms with Gasteiger partial charge >= 0.3 is 0 Å². The topological polar surface area (TPSA) is 106 Å². The van der Waals surface area contributed by atoms with Gasteiger partial charge in [0.15, 0.2) is 5.69 Å². The summed E-state index contributed by atoms with van der Waals surface area (Å²) in [6.07, 6.45) is 1.69. The van der Waals surface area contributed by atoms with Crippen LogP contribution < -0.4 is 16.4 Å². The van der Waals surface area contributed by atoms with Gasteiger partial charge in [0.25, 0.3) is 5.91 Å². The highest BCUT2D eigenvalue weighted by Gasteiger charge is 2.10. The third-order valence-corrected chi connectivity index (χ3v) is 2.32. The number of hydrogen-bond donors (Lipinski definition) is 3. The normalized spacial score (nSPS) is 9.95. The largest absolute Gasteiger partial charge is 0.397 e. The van der Waals surface area contributed by atoms with Gasteiger partial charge in [-0.1, -0.05) is 0 Å². The number of anilines is 1. The molecule has 0 unspecified atom stereocenters. The van der Waals surface area contributed by atoms with Crippen LogP contribution in [0.25, 0.3) is 0 Å². The fourth-order valence-electron chi connectivity index (χ4n) is 1.36. The fraction of sp³-hybridized carbons (Fsp3) is 0.417. The van der Waals surface area contributed by atoms with E-state index in [4.69, 9.17) is 10.5 Å². The SMILES string of the molecule is COCCNC(=O)CCNC(=O)c1ncccc1N. The van der Waals surface area contributed by atoms with Gasteiger partial charge < -0.3 is 21.1 Å². The van der Waals surface area contributed by atoms with Crippen LogP contribution in [0.4, 0.5) is 5.69 Å². The third kappa shape index (κ3) is 5.35. The molecule has 0 aliphatic heterocycles. The Morgan fingerprint density at radius 2 is 2.16 bits per heavy atom. The molecule has 0 radical (unpaired) electrons. The molecule has 0 aromatic carbocycles. The van der Waals surface area contributed by atoms with Crippen LogP contribution in [0.15, 0.2) is 18.3 Å². The van der Waals surface area contributed by atoms with Gasteiger partial charge in [-0.2, -0.15) is 0 Å². The van der Waals surface area contributed by atoms with E-state index >= 15 is 0 Å². The summed E-state index contributed by atoms with van der Waals surface area (Å²) >= 11 is 0. The average molecular weight is 266 g/mol. The van der Waals surface area contributed by atoms with Gasteiger partial charge in [0.1, 0.15) is 0 Å². The molecule has 0 bridgehead atoms. The number of carbonyl (C=O) groups excluding carboxylic acids is 2. The summed E-state index contributed by atoms with van der Waals surface area (Å²) < 4.78 is 4.80. The molecule has 1 aromatic rings. The second kappa shape index (κ2) is 8.04. The number of nitrogens with two attached hydrogens (primary N) is 1. The lowest BCUT2D eigenvalue weighted by Crippen LogP contribution is -2.32. The lowest BCUT2D eigenvalue weighted by molar-refractivity contribution is -0.121. The maximum atomic E-state index is 11.7. The number of aromatic nitrogens is 1. The van der Waals surface area contributed by atoms with E-state index in [1.807, 2.05) is 0 Å². The molecule has 7 heteroatoms. The van der Waals surface area contributed by atoms with Crippen LogP contribution in [0.2, 0.25) is 0 Å². The molecular weight excluding hydrogens is 248 g/mol. The van der Waals surface area contributed by atoms with Crippen LogP contribution in [0, 0.1) is 0 Å². The predicted molar refractivity (Wildman–Crippen MR) is 70.5 cm³/mol. The minimum Gasteiger partial charge on any atom is -0.397 e. The summed E-state index contributed by atoms with van der Waals surface area (Å²) in [5.74, 6) is -0.533. The number of nitrogens with one attached hydrogen (secondary N) is 2. The molecule has 0 fully saturated rings. The van der Waals surface area contributed by atoms with E-state index in [1.54, 1.807) is 19.2 Å². The van der Waals surface area contributed by atoms with Gasteiger partial charge in [0.2, 0.25) is 5.91 Å². The summed E-state index contributed by atoms with van der Waals surface area (Å²) in [4.78, 5) is 26.9. The van der Waals surface area contributed by atoms with Crippen molar-refractivity contribution in [2.75, 3.05) is 32.5 Å². The number of carbonyl (C=O) groups is 2. The molecule has 0 atom stereocenters. The second-order valence-corrected chi connectivity index (χ2v) is 3.79. The van der Waals surface area contributed by atoms with Crippen molar-refractivity contribution in [3.05, 3.63) is 24.0 Å². The monoisotopic (exact) mass is 266 g/mol. The van der Waals surface area contributed by atoms with Gasteiger partial charge in [-0.3, -0.25) is 9.59 Å². The highest BCUT2D eigenvalue weighted by molar-refractivity contribution is 5.97. The first-order valence-corrected chi connectivity index (χ1v) is 5.89. The van der Waals surface area contributed by atoms with Crippen molar-refractivity contribution in [3.8, 4) is 0 Å². The number of nitrogen functional groups attached to an aromatic ring is 1. The standard InChI is InChI=1S/C12H18N4O3/c1-19-8-7-14-10(17)4-6-16-12(18)11-9(13)3-2-5-15-11/h2-3,5H,4,6-8,13H2,1H3,(H,14,17)(H,16,18). The van der Waals surface area contributed by atoms with Crippen LogP contribution in [-0.2, 0) is 9.53 Å². The zero-order valence-corrected chi connectivity index (χ0v) is 10.8. The van der Waals surface area contributed by atoms with Crippen molar-refractivity contribution in [1.82, 2.24) is 15.6 Å². The van der Waals surface area contributed by atoms with E-state index in [2.05, 4.69) is 15.6 Å². The predicted octanol–water partition coefficient (Wildman–Crippen LogP) is -0.454. The Hall–Kier alpha value is -2.15. The molecule has 0 aliphatic carbocycles. The number of amides is 2. The minimum atomic E-state index is -0.386. The lowest BCUT2D eigenvalue weighted by atomic mass is 10.3. The maximum absolute atomic E-state index is 11.7. The molecule has 0 spiro atoms. The Morgan fingerprint density at radius 1 is 1.37 bits per heavy atom. The number of rotatable bonds is 7. The summed E-state index contributed by atoms with van der Waals surface area (Å²) in [5, 5.41) is 5.24. The molecule has 0 aliphatic rings. The number of ether oxygens (including phenoxy) is 1. The number of hydrogen-bond acceptors (Lipinski definition) is 5. The number of methoxy groups -OCH3 is 1. The highest BCUT2D eigenvalue weighted by Crippen LogP contribution is 2.05. The summed E-state index contributed by atoms with van der Waals surface area (Å²) in [5.41, 5.74) is 6.10. The van der Waals surface area contributed by atoms with Gasteiger partial charge in [-0.05, 0) is 12.1 Å². The molecule has 2 amide bonds. The van der Waals surface area contributed by atoms with Crippen LogP contribution in [0.1, 0.15) is 16.9 Å². The number of pyridine rings is 1. The van der Waals surface area contributed by atoms with Crippen molar-refractivity contribution < 1.29 is 14.3 Å². The van der Waals surface area contributed by atoms with Crippen LogP contribution in [0.5, 0.6) is 0 Å². The van der Waals surface area contributed by atoms with Crippen LogP contribution in [-0.4, -0.2) is 43.6 Å². The molecule has 4 N–H and O–H groups in total. The quantitative estimate of drug-likeness (QED) is 0.579. The lowest BCUT2D eigenvalue weighted by Gasteiger charge is -2.07. The first-order chi connectivity index (χ1) is 9.15. The first-order valence-electron chi connectivity index (χ1n) is 5.89. The Bertz CT molecular complexity index is 437. The van der Waals surface area contributed by atoms with Crippen molar-refractivity contribution in [3.63, 3.8) is 0 Å². The average Bonchev–Trinajstić information content (AvgIpc) is 2.39. The van der Waals surface area contributed by atoms with E-state index in [0.29, 0.717) is 18.8 Å². The van der Waals surface area contributed by atoms with Gasteiger partial charge in [-0.25, -0.2) is 4.98 Å². The van der Waals surface area contributed by atoms with Gasteiger partial charge in [0, 0.05) is 32.8 Å². The van der Waals surface area contributed by atoms with E-state index in [-0.39, 0.29) is 30.5 Å². The molecule has 19 heavy (non-hydrogen) atoms. The van der Waals surface area contributed by atoms with Crippen molar-refractivity contribution in [2.45, 2.75) is 6.42 Å². The summed E-state index contributed by atoms with van der Waals surface area (Å²) in [7, 11) is 1.56. The maximum Gasteiger partial charge on any atom is 0.272 e. The van der Waals surface area contributed by atoms with E-state index in [0.717, 1.165) is 0 Å². The molecular formula is C12H18N4O3. The van der Waals surface area contributed by atoms with Crippen LogP contribution >= 0.6 is 0 Å². The number of nitrogens with zero attached hydrogens (tertiary/aromatic N) is 1. The van der Waals surface area contributed by atoms with E-state index < -0.39 is 0 Å². The van der Waals surface area contributed by atoms with Crippen LogP contribution in [0.3, 0.4) is 0 Å². The van der Waals surface area contributed by atoms with E-state index in [1.165, 1.54) is 6.20 Å². The third-order valence-electron chi connectivity index (χ3n) is 2.32. The molecule has 1 aromatic heterocycles. The molecule has 0 saturated heterocycles. The van der Waals surface area contributed by atoms with Gasteiger partial charge in [0.05, 0.1) is 12.3 Å². The van der Waals surface area contributed by atoms with Crippen molar-refractivity contribution in [1.29, 1.82) is 0 Å². The van der Waals surface area contributed by atoms with Crippen molar-refractivity contribution in [2.24, 2.45) is 0 Å². The van der Waals surface area contributed by atoms with Crippen molar-refractivity contribution >= 4 is 17.5 Å². The Labute approximate surface area is 111 Å². The smallest absolute Gasteiger partial charge is 0.272 e.